The number of sulfonamides is 1. The lowest BCUT2D eigenvalue weighted by atomic mass is 9.92. The second-order valence-corrected chi connectivity index (χ2v) is 8.63. The van der Waals surface area contributed by atoms with Gasteiger partial charge in [0.2, 0.25) is 0 Å². The highest BCUT2D eigenvalue weighted by Gasteiger charge is 2.43. The summed E-state index contributed by atoms with van der Waals surface area (Å²) in [6, 6.07) is 8.43. The van der Waals surface area contributed by atoms with Crippen molar-refractivity contribution in [2.24, 2.45) is 0 Å². The van der Waals surface area contributed by atoms with Crippen LogP contribution in [0.25, 0.3) is 0 Å². The van der Waals surface area contributed by atoms with Crippen LogP contribution in [0.3, 0.4) is 0 Å². The molecular formula is C20H19N3O8S. The van der Waals surface area contributed by atoms with Gasteiger partial charge in [-0.1, -0.05) is 12.1 Å². The van der Waals surface area contributed by atoms with Crippen molar-refractivity contribution in [2.45, 2.75) is 17.4 Å². The Morgan fingerprint density at radius 2 is 1.47 bits per heavy atom. The zero-order chi connectivity index (χ0) is 23.7. The third kappa shape index (κ3) is 4.25. The van der Waals surface area contributed by atoms with Crippen LogP contribution in [0, 0.1) is 0 Å². The number of urea groups is 1. The number of carbonyl (C=O) groups is 4. The molecule has 1 heterocycles. The summed E-state index contributed by atoms with van der Waals surface area (Å²) in [7, 11) is -1.98. The van der Waals surface area contributed by atoms with Crippen LogP contribution in [0.2, 0.25) is 0 Å². The number of imide groups is 1. The zero-order valence-electron chi connectivity index (χ0n) is 17.2. The van der Waals surface area contributed by atoms with Crippen molar-refractivity contribution in [3.8, 4) is 0 Å². The number of hydrogen-bond acceptors (Lipinski definition) is 8. The van der Waals surface area contributed by atoms with Crippen molar-refractivity contribution in [1.82, 2.24) is 10.6 Å². The number of methoxy groups -OCH3 is 2. The van der Waals surface area contributed by atoms with Crippen molar-refractivity contribution in [1.29, 1.82) is 0 Å². The maximum atomic E-state index is 12.9. The first-order chi connectivity index (χ1) is 15.0. The van der Waals surface area contributed by atoms with E-state index in [-0.39, 0.29) is 21.7 Å². The fourth-order valence-electron chi connectivity index (χ4n) is 3.06. The van der Waals surface area contributed by atoms with E-state index in [2.05, 4.69) is 24.8 Å². The number of ether oxygens (including phenoxy) is 2. The molecule has 2 aromatic rings. The first-order valence-corrected chi connectivity index (χ1v) is 10.6. The summed E-state index contributed by atoms with van der Waals surface area (Å²) in [5, 5.41) is 4.65. The van der Waals surface area contributed by atoms with Gasteiger partial charge in [0.25, 0.3) is 15.9 Å². The minimum atomic E-state index is -4.22. The fourth-order valence-corrected chi connectivity index (χ4v) is 4.19. The van der Waals surface area contributed by atoms with Gasteiger partial charge in [-0.05, 0) is 42.8 Å². The Morgan fingerprint density at radius 1 is 0.938 bits per heavy atom. The number of esters is 2. The summed E-state index contributed by atoms with van der Waals surface area (Å²) in [4.78, 5) is 46.9. The molecule has 0 spiro atoms. The number of hydrogen-bond donors (Lipinski definition) is 3. The van der Waals surface area contributed by atoms with Crippen LogP contribution in [0.4, 0.5) is 10.5 Å². The van der Waals surface area contributed by atoms with Gasteiger partial charge < -0.3 is 14.8 Å². The van der Waals surface area contributed by atoms with E-state index in [1.165, 1.54) is 31.2 Å². The lowest BCUT2D eigenvalue weighted by Gasteiger charge is -2.21. The Kier molecular flexibility index (Phi) is 5.90. The molecule has 1 fully saturated rings. The van der Waals surface area contributed by atoms with E-state index < -0.39 is 39.4 Å². The molecule has 3 amide bonds. The molecule has 2 aromatic carbocycles. The van der Waals surface area contributed by atoms with Gasteiger partial charge in [-0.2, -0.15) is 0 Å². The van der Waals surface area contributed by atoms with Crippen LogP contribution >= 0.6 is 0 Å². The smallest absolute Gasteiger partial charge is 0.337 e. The first-order valence-electron chi connectivity index (χ1n) is 9.09. The largest absolute Gasteiger partial charge is 0.465 e. The predicted octanol–water partition coefficient (Wildman–Crippen LogP) is 1.12. The first kappa shape index (κ1) is 22.7. The zero-order valence-corrected chi connectivity index (χ0v) is 18.0. The van der Waals surface area contributed by atoms with Crippen LogP contribution < -0.4 is 15.4 Å². The summed E-state index contributed by atoms with van der Waals surface area (Å²) in [6.45, 7) is 1.51. The van der Waals surface area contributed by atoms with Crippen molar-refractivity contribution < 1.29 is 37.1 Å². The van der Waals surface area contributed by atoms with E-state index in [0.29, 0.717) is 5.56 Å². The summed E-state index contributed by atoms with van der Waals surface area (Å²) < 4.78 is 37.3. The van der Waals surface area contributed by atoms with Crippen LogP contribution in [-0.4, -0.2) is 46.5 Å². The molecule has 0 aliphatic carbocycles. The van der Waals surface area contributed by atoms with E-state index in [9.17, 15) is 27.6 Å². The summed E-state index contributed by atoms with van der Waals surface area (Å²) >= 11 is 0. The molecule has 1 aliphatic rings. The monoisotopic (exact) mass is 461 g/mol. The number of anilines is 1. The molecule has 0 unspecified atom stereocenters. The van der Waals surface area contributed by atoms with Gasteiger partial charge in [-0.3, -0.25) is 14.8 Å². The second kappa shape index (κ2) is 8.30. The van der Waals surface area contributed by atoms with Crippen LogP contribution in [0.1, 0.15) is 33.2 Å². The maximum Gasteiger partial charge on any atom is 0.337 e. The Hall–Kier alpha value is -3.93. The Bertz CT molecular complexity index is 1190. The molecule has 1 atom stereocenters. The van der Waals surface area contributed by atoms with Gasteiger partial charge in [-0.25, -0.2) is 22.8 Å². The van der Waals surface area contributed by atoms with Crippen molar-refractivity contribution in [2.75, 3.05) is 18.9 Å². The van der Waals surface area contributed by atoms with Gasteiger partial charge in [0.15, 0.2) is 0 Å². The third-order valence-electron chi connectivity index (χ3n) is 4.82. The maximum absolute atomic E-state index is 12.9. The molecule has 12 heteroatoms. The molecule has 11 nitrogen and oxygen atoms in total. The van der Waals surface area contributed by atoms with Crippen molar-refractivity contribution in [3.63, 3.8) is 0 Å². The van der Waals surface area contributed by atoms with E-state index in [1.807, 2.05) is 0 Å². The Labute approximate surface area is 183 Å². The topological polar surface area (TPSA) is 157 Å². The second-order valence-electron chi connectivity index (χ2n) is 6.95. The van der Waals surface area contributed by atoms with E-state index in [1.54, 1.807) is 0 Å². The average Bonchev–Trinajstić information content (AvgIpc) is 3.04. The number of carbonyl (C=O) groups excluding carboxylic acids is 4. The summed E-state index contributed by atoms with van der Waals surface area (Å²) in [5.41, 5.74) is -1.02. The van der Waals surface area contributed by atoms with E-state index in [4.69, 9.17) is 0 Å². The fraction of sp³-hybridized carbons (Fsp3) is 0.200. The van der Waals surface area contributed by atoms with Gasteiger partial charge in [-0.15, -0.1) is 0 Å². The van der Waals surface area contributed by atoms with E-state index >= 15 is 0 Å². The Morgan fingerprint density at radius 3 is 1.91 bits per heavy atom. The molecule has 0 bridgehead atoms. The minimum absolute atomic E-state index is 0.144. The number of nitrogens with one attached hydrogen (secondary N) is 3. The average molecular weight is 461 g/mol. The van der Waals surface area contributed by atoms with Gasteiger partial charge in [0.1, 0.15) is 5.54 Å². The van der Waals surface area contributed by atoms with Crippen LogP contribution in [-0.2, 0) is 29.8 Å². The normalized spacial score (nSPS) is 17.8. The lowest BCUT2D eigenvalue weighted by Crippen LogP contribution is -2.40. The molecular weight excluding hydrogens is 442 g/mol. The molecule has 3 rings (SSSR count). The Balaban J connectivity index is 1.92. The highest BCUT2D eigenvalue weighted by Crippen LogP contribution is 2.27. The third-order valence-corrected chi connectivity index (χ3v) is 6.18. The highest BCUT2D eigenvalue weighted by atomic mass is 32.2. The van der Waals surface area contributed by atoms with Crippen LogP contribution in [0.5, 0.6) is 0 Å². The molecule has 32 heavy (non-hydrogen) atoms. The molecule has 168 valence electrons. The summed E-state index contributed by atoms with van der Waals surface area (Å²) in [6.07, 6.45) is 0. The SMILES string of the molecule is COC(=O)c1cc(C(=O)OC)cc(S(=O)(=O)Nc2ccc([C@@]3(C)NC(=O)NC3=O)cc2)c1. The van der Waals surface area contributed by atoms with E-state index in [0.717, 1.165) is 32.4 Å². The van der Waals surface area contributed by atoms with Crippen molar-refractivity contribution in [3.05, 3.63) is 59.2 Å². The van der Waals surface area contributed by atoms with Gasteiger partial charge in [0.05, 0.1) is 30.2 Å². The van der Waals surface area contributed by atoms with Gasteiger partial charge in [0, 0.05) is 5.69 Å². The van der Waals surface area contributed by atoms with Crippen molar-refractivity contribution >= 4 is 39.6 Å². The number of rotatable bonds is 6. The summed E-state index contributed by atoms with van der Waals surface area (Å²) in [5.74, 6) is -2.20. The molecule has 1 saturated heterocycles. The molecule has 0 saturated carbocycles. The lowest BCUT2D eigenvalue weighted by molar-refractivity contribution is -0.123. The highest BCUT2D eigenvalue weighted by molar-refractivity contribution is 7.92. The quantitative estimate of drug-likeness (QED) is 0.427. The molecule has 3 N–H and O–H groups in total. The standard InChI is InChI=1S/C20H19N3O8S/c1-20(18(26)21-19(27)22-20)13-4-6-14(7-5-13)23-32(28,29)15-9-11(16(24)30-2)8-12(10-15)17(25)31-3/h4-10,23H,1-3H3,(H2,21,22,26,27)/t20-/m1/s1. The molecule has 1 aliphatic heterocycles. The van der Waals surface area contributed by atoms with Gasteiger partial charge >= 0.3 is 18.0 Å². The number of amides is 3. The predicted molar refractivity (Wildman–Crippen MR) is 110 cm³/mol. The minimum Gasteiger partial charge on any atom is -0.465 e. The number of benzene rings is 2. The molecule has 0 radical (unpaired) electrons. The van der Waals surface area contributed by atoms with Crippen LogP contribution in [0.15, 0.2) is 47.4 Å². The molecule has 0 aromatic heterocycles.